The monoisotopic (exact) mass is 512 g/mol. The number of amides is 1. The molecule has 0 atom stereocenters. The summed E-state index contributed by atoms with van der Waals surface area (Å²) in [5, 5.41) is 8.83. The Kier molecular flexibility index (Phi) is 5.35. The van der Waals surface area contributed by atoms with Crippen molar-refractivity contribution in [1.29, 1.82) is 0 Å². The average molecular weight is 512 g/mol. The molecule has 6 rings (SSSR count). The number of hydrogen-bond donors (Lipinski definition) is 0. The Morgan fingerprint density at radius 2 is 1.84 bits per heavy atom. The lowest BCUT2D eigenvalue weighted by Gasteiger charge is -2.39. The fraction of sp³-hybridized carbons (Fsp3) is 0.320. The number of carbonyl (C=O) groups excluding carboxylic acids is 1. The summed E-state index contributed by atoms with van der Waals surface area (Å²) in [6.45, 7) is 3.41. The molecule has 37 heavy (non-hydrogen) atoms. The lowest BCUT2D eigenvalue weighted by atomic mass is 9.85. The highest BCUT2D eigenvalue weighted by Gasteiger charge is 2.37. The van der Waals surface area contributed by atoms with Crippen LogP contribution in [0, 0.1) is 0 Å². The normalized spacial score (nSPS) is 16.6. The number of aromatic nitrogens is 5. The molecule has 0 spiro atoms. The van der Waals surface area contributed by atoms with Crippen molar-refractivity contribution in [2.75, 3.05) is 13.1 Å². The first kappa shape index (κ1) is 23.3. The number of benzene rings is 1. The summed E-state index contributed by atoms with van der Waals surface area (Å²) >= 11 is 0. The van der Waals surface area contributed by atoms with E-state index < -0.39 is 23.5 Å². The van der Waals surface area contributed by atoms with Gasteiger partial charge in [-0.2, -0.15) is 23.3 Å². The largest absolute Gasteiger partial charge is 0.416 e. The van der Waals surface area contributed by atoms with Gasteiger partial charge in [0, 0.05) is 30.8 Å². The fourth-order valence-corrected chi connectivity index (χ4v) is 4.64. The van der Waals surface area contributed by atoms with E-state index in [0.717, 1.165) is 31.4 Å². The molecule has 1 aliphatic heterocycles. The van der Waals surface area contributed by atoms with Crippen LogP contribution < -0.4 is 0 Å². The molecule has 0 unspecified atom stereocenters. The summed E-state index contributed by atoms with van der Waals surface area (Å²) in [5.41, 5.74) is 1.56. The van der Waals surface area contributed by atoms with Gasteiger partial charge in [-0.15, -0.1) is 0 Å². The van der Waals surface area contributed by atoms with Crippen LogP contribution in [-0.4, -0.2) is 48.8 Å². The number of carbonyl (C=O) groups is 1. The number of hydrogen-bond acceptors (Lipinski definition) is 6. The maximum absolute atomic E-state index is 13.4. The van der Waals surface area contributed by atoms with Crippen LogP contribution in [0.15, 0.2) is 53.5 Å². The van der Waals surface area contributed by atoms with Gasteiger partial charge < -0.3 is 9.42 Å². The number of likely N-dealkylation sites (tertiary alicyclic amines) is 1. The minimum absolute atomic E-state index is 0.177. The smallest absolute Gasteiger partial charge is 0.334 e. The van der Waals surface area contributed by atoms with Crippen LogP contribution in [0.4, 0.5) is 17.6 Å². The molecule has 1 saturated carbocycles. The topological polar surface area (TPSA) is 89.9 Å². The Morgan fingerprint density at radius 1 is 1.11 bits per heavy atom. The van der Waals surface area contributed by atoms with E-state index in [-0.39, 0.29) is 30.9 Å². The minimum Gasteiger partial charge on any atom is -0.334 e. The molecule has 1 aliphatic carbocycles. The van der Waals surface area contributed by atoms with Gasteiger partial charge in [0.05, 0.1) is 17.2 Å². The van der Waals surface area contributed by atoms with Gasteiger partial charge in [0.15, 0.2) is 11.7 Å². The lowest BCUT2D eigenvalue weighted by molar-refractivity contribution is -0.137. The van der Waals surface area contributed by atoms with Crippen LogP contribution in [0.2, 0.25) is 0 Å². The van der Waals surface area contributed by atoms with E-state index in [9.17, 15) is 22.4 Å². The van der Waals surface area contributed by atoms with Crippen molar-refractivity contribution < 1.29 is 26.9 Å². The molecule has 1 saturated heterocycles. The molecular formula is C25H20F4N6O2. The van der Waals surface area contributed by atoms with Gasteiger partial charge >= 0.3 is 6.18 Å². The van der Waals surface area contributed by atoms with Gasteiger partial charge in [-0.25, -0.2) is 4.39 Å². The first-order chi connectivity index (χ1) is 17.7. The zero-order valence-corrected chi connectivity index (χ0v) is 19.4. The van der Waals surface area contributed by atoms with Gasteiger partial charge in [-0.3, -0.25) is 14.5 Å². The van der Waals surface area contributed by atoms with Crippen LogP contribution in [0.25, 0.3) is 33.7 Å². The maximum Gasteiger partial charge on any atom is 0.416 e. The van der Waals surface area contributed by atoms with Gasteiger partial charge in [-0.05, 0) is 31.0 Å². The molecule has 1 amide bonds. The summed E-state index contributed by atoms with van der Waals surface area (Å²) in [4.78, 5) is 22.3. The van der Waals surface area contributed by atoms with E-state index in [1.807, 2.05) is 0 Å². The molecule has 0 bridgehead atoms. The number of pyridine rings is 1. The molecule has 12 heteroatoms. The predicted octanol–water partition coefficient (Wildman–Crippen LogP) is 5.30. The van der Waals surface area contributed by atoms with Gasteiger partial charge in [-0.1, -0.05) is 30.3 Å². The van der Waals surface area contributed by atoms with Crippen molar-refractivity contribution in [1.82, 2.24) is 29.8 Å². The predicted molar refractivity (Wildman–Crippen MR) is 124 cm³/mol. The standard InChI is InChI=1S/C25H20F4N6O2/c1-13(26)24(36)34-11-17(12-34)35-21-18(23-31-22(33-37-23)15-3-2-4-15)9-10-30-20(21)19(32-35)14-5-7-16(8-6-14)25(27,28)29/h5-10,15,17H,1-4,11-12H2. The van der Waals surface area contributed by atoms with E-state index in [0.29, 0.717) is 33.7 Å². The van der Waals surface area contributed by atoms with E-state index >= 15 is 0 Å². The van der Waals surface area contributed by atoms with E-state index in [1.165, 1.54) is 17.0 Å². The molecule has 0 radical (unpaired) electrons. The molecular weight excluding hydrogens is 492 g/mol. The van der Waals surface area contributed by atoms with Crippen molar-refractivity contribution in [2.45, 2.75) is 37.4 Å². The maximum atomic E-state index is 13.4. The third-order valence-electron chi connectivity index (χ3n) is 6.94. The SMILES string of the molecule is C=C(F)C(=O)N1CC(n2nc(-c3ccc(C(F)(F)F)cc3)c3nccc(-c4nc(C5CCC5)no4)c32)C1. The lowest BCUT2D eigenvalue weighted by Crippen LogP contribution is -2.51. The molecule has 2 fully saturated rings. The van der Waals surface area contributed by atoms with Crippen LogP contribution in [0.1, 0.15) is 42.6 Å². The van der Waals surface area contributed by atoms with Crippen molar-refractivity contribution in [3.05, 3.63) is 60.3 Å². The molecule has 0 N–H and O–H groups in total. The highest BCUT2D eigenvalue weighted by atomic mass is 19.4. The molecule has 190 valence electrons. The van der Waals surface area contributed by atoms with Crippen molar-refractivity contribution >= 4 is 16.9 Å². The highest BCUT2D eigenvalue weighted by Crippen LogP contribution is 2.39. The summed E-state index contributed by atoms with van der Waals surface area (Å²) in [6.07, 6.45) is 0.177. The van der Waals surface area contributed by atoms with Gasteiger partial charge in [0.2, 0.25) is 0 Å². The summed E-state index contributed by atoms with van der Waals surface area (Å²) in [5.74, 6) is -0.689. The highest BCUT2D eigenvalue weighted by molar-refractivity contribution is 5.98. The van der Waals surface area contributed by atoms with E-state index in [2.05, 4.69) is 21.7 Å². The van der Waals surface area contributed by atoms with Crippen LogP contribution >= 0.6 is 0 Å². The van der Waals surface area contributed by atoms with Gasteiger partial charge in [0.25, 0.3) is 11.8 Å². The number of alkyl halides is 3. The Labute approximate surface area is 207 Å². The van der Waals surface area contributed by atoms with Crippen LogP contribution in [0.5, 0.6) is 0 Å². The van der Waals surface area contributed by atoms with Crippen molar-refractivity contribution in [3.8, 4) is 22.7 Å². The Bertz CT molecular complexity index is 1510. The van der Waals surface area contributed by atoms with E-state index in [4.69, 9.17) is 9.62 Å². The van der Waals surface area contributed by atoms with Gasteiger partial charge in [0.1, 0.15) is 16.7 Å². The number of rotatable bonds is 5. The summed E-state index contributed by atoms with van der Waals surface area (Å²) in [7, 11) is 0. The second-order valence-electron chi connectivity index (χ2n) is 9.28. The van der Waals surface area contributed by atoms with Crippen molar-refractivity contribution in [2.24, 2.45) is 0 Å². The third kappa shape index (κ3) is 3.96. The second kappa shape index (κ2) is 8.49. The summed E-state index contributed by atoms with van der Waals surface area (Å²) < 4.78 is 59.9. The number of nitrogens with zero attached hydrogens (tertiary/aromatic N) is 6. The fourth-order valence-electron chi connectivity index (χ4n) is 4.64. The molecule has 3 aromatic heterocycles. The minimum atomic E-state index is -4.47. The zero-order valence-electron chi connectivity index (χ0n) is 19.4. The summed E-state index contributed by atoms with van der Waals surface area (Å²) in [6, 6.07) is 6.04. The average Bonchev–Trinajstić information content (AvgIpc) is 3.42. The first-order valence-corrected chi connectivity index (χ1v) is 11.7. The second-order valence-corrected chi connectivity index (χ2v) is 9.28. The number of halogens is 4. The van der Waals surface area contributed by atoms with Crippen molar-refractivity contribution in [3.63, 3.8) is 0 Å². The molecule has 1 aromatic carbocycles. The Morgan fingerprint density at radius 3 is 2.46 bits per heavy atom. The van der Waals surface area contributed by atoms with E-state index in [1.54, 1.807) is 16.9 Å². The molecule has 4 aromatic rings. The molecule has 2 aliphatic rings. The molecule has 4 heterocycles. The van der Waals surface area contributed by atoms with Crippen LogP contribution in [-0.2, 0) is 11.0 Å². The molecule has 8 nitrogen and oxygen atoms in total. The Hall–Kier alpha value is -4.09. The third-order valence-corrected chi connectivity index (χ3v) is 6.94. The van der Waals surface area contributed by atoms with Crippen LogP contribution in [0.3, 0.4) is 0 Å². The first-order valence-electron chi connectivity index (χ1n) is 11.7. The zero-order chi connectivity index (χ0) is 25.9. The quantitative estimate of drug-likeness (QED) is 0.266. The Balaban J connectivity index is 1.45. The number of fused-ring (bicyclic) bond motifs is 1.